The molecule has 2 N–H and O–H groups in total. The van der Waals surface area contributed by atoms with E-state index in [1.165, 1.54) is 11.3 Å². The van der Waals surface area contributed by atoms with Gasteiger partial charge in [0.25, 0.3) is 5.91 Å². The van der Waals surface area contributed by atoms with Crippen LogP contribution < -0.4 is 5.32 Å². The molecule has 2 aromatic heterocycles. The van der Waals surface area contributed by atoms with Crippen LogP contribution in [-0.2, 0) is 0 Å². The van der Waals surface area contributed by atoms with Crippen molar-refractivity contribution in [2.45, 2.75) is 19.9 Å². The summed E-state index contributed by atoms with van der Waals surface area (Å²) in [5.74, 6) is -0.125. The molecule has 0 radical (unpaired) electrons. The van der Waals surface area contributed by atoms with Crippen molar-refractivity contribution in [2.24, 2.45) is 0 Å². The monoisotopic (exact) mass is 389 g/mol. The second-order valence-electron chi connectivity index (χ2n) is 6.73. The molecule has 4 rings (SSSR count). The number of fused-ring (bicyclic) bond motifs is 1. The lowest BCUT2D eigenvalue weighted by atomic mass is 10.0. The molecule has 5 nitrogen and oxygen atoms in total. The normalized spacial score (nSPS) is 12.1. The highest BCUT2D eigenvalue weighted by molar-refractivity contribution is 7.17. The average molecular weight is 389 g/mol. The lowest BCUT2D eigenvalue weighted by molar-refractivity contribution is 0.0939. The molecular weight excluding hydrogens is 370 g/mol. The number of imidazole rings is 1. The zero-order valence-electron chi connectivity index (χ0n) is 15.5. The van der Waals surface area contributed by atoms with Gasteiger partial charge in [-0.25, -0.2) is 4.98 Å². The Hall–Kier alpha value is -3.25. The van der Waals surface area contributed by atoms with Crippen LogP contribution in [0.3, 0.4) is 0 Å². The lowest BCUT2D eigenvalue weighted by Gasteiger charge is -2.16. The van der Waals surface area contributed by atoms with Crippen LogP contribution in [0.5, 0.6) is 0 Å². The number of rotatable bonds is 5. The number of hydrogen-bond donors (Lipinski definition) is 2. The van der Waals surface area contributed by atoms with Gasteiger partial charge in [-0.1, -0.05) is 18.2 Å². The number of carbonyl (C=O) groups excluding carboxylic acids is 2. The minimum Gasteiger partial charge on any atom is -0.346 e. The van der Waals surface area contributed by atoms with Gasteiger partial charge >= 0.3 is 0 Å². The number of thiophene rings is 1. The second kappa shape index (κ2) is 7.40. The van der Waals surface area contributed by atoms with Crippen LogP contribution in [0, 0.1) is 6.92 Å². The fraction of sp³-hybridized carbons (Fsp3) is 0.136. The summed E-state index contributed by atoms with van der Waals surface area (Å²) in [5, 5.41) is 3.08. The predicted molar refractivity (Wildman–Crippen MR) is 112 cm³/mol. The Morgan fingerprint density at radius 2 is 2.07 bits per heavy atom. The summed E-state index contributed by atoms with van der Waals surface area (Å²) in [6.07, 6.45) is 2.49. The van der Waals surface area contributed by atoms with Gasteiger partial charge in [-0.2, -0.15) is 0 Å². The van der Waals surface area contributed by atoms with E-state index in [1.807, 2.05) is 56.3 Å². The first-order valence-electron chi connectivity index (χ1n) is 8.95. The molecule has 1 atom stereocenters. The van der Waals surface area contributed by atoms with Gasteiger partial charge in [-0.05, 0) is 60.9 Å². The largest absolute Gasteiger partial charge is 0.346 e. The Kier molecular flexibility index (Phi) is 4.79. The lowest BCUT2D eigenvalue weighted by Crippen LogP contribution is -2.27. The molecule has 0 saturated heterocycles. The molecule has 0 aliphatic carbocycles. The van der Waals surface area contributed by atoms with Gasteiger partial charge < -0.3 is 10.3 Å². The molecule has 28 heavy (non-hydrogen) atoms. The summed E-state index contributed by atoms with van der Waals surface area (Å²) in [6.45, 7) is 3.88. The maximum Gasteiger partial charge on any atom is 0.252 e. The van der Waals surface area contributed by atoms with Crippen LogP contribution >= 0.6 is 11.3 Å². The van der Waals surface area contributed by atoms with Gasteiger partial charge in [0.15, 0.2) is 6.29 Å². The van der Waals surface area contributed by atoms with Crippen LogP contribution in [0.4, 0.5) is 0 Å². The number of amides is 1. The fourth-order valence-electron chi connectivity index (χ4n) is 3.23. The van der Waals surface area contributed by atoms with E-state index < -0.39 is 0 Å². The Morgan fingerprint density at radius 1 is 1.21 bits per heavy atom. The number of H-pyrrole nitrogens is 1. The number of aldehydes is 1. The Bertz CT molecular complexity index is 1180. The van der Waals surface area contributed by atoms with E-state index in [2.05, 4.69) is 21.4 Å². The number of nitrogens with one attached hydrogen (secondary N) is 2. The van der Waals surface area contributed by atoms with Crippen LogP contribution in [0.2, 0.25) is 0 Å². The highest BCUT2D eigenvalue weighted by Crippen LogP contribution is 2.29. The number of aromatic nitrogens is 2. The molecule has 2 aromatic carbocycles. The number of aryl methyl sites for hydroxylation is 1. The molecule has 0 bridgehead atoms. The van der Waals surface area contributed by atoms with E-state index in [4.69, 9.17) is 0 Å². The molecule has 4 aromatic rings. The minimum atomic E-state index is -0.160. The Morgan fingerprint density at radius 3 is 2.86 bits per heavy atom. The van der Waals surface area contributed by atoms with Crippen LogP contribution in [0.25, 0.3) is 21.5 Å². The van der Waals surface area contributed by atoms with Crippen molar-refractivity contribution in [3.63, 3.8) is 0 Å². The number of carbonyl (C=O) groups is 2. The van der Waals surface area contributed by atoms with Crippen molar-refractivity contribution in [2.75, 3.05) is 0 Å². The molecule has 0 aliphatic rings. The molecule has 0 fully saturated rings. The first kappa shape index (κ1) is 18.1. The third-order valence-corrected chi connectivity index (χ3v) is 5.83. The van der Waals surface area contributed by atoms with Crippen molar-refractivity contribution in [1.82, 2.24) is 15.3 Å². The molecule has 140 valence electrons. The molecule has 6 heteroatoms. The third-order valence-electron chi connectivity index (χ3n) is 4.77. The molecule has 0 spiro atoms. The molecule has 0 unspecified atom stereocenters. The topological polar surface area (TPSA) is 74.8 Å². The van der Waals surface area contributed by atoms with Gasteiger partial charge in [0.05, 0.1) is 28.3 Å². The number of benzene rings is 2. The highest BCUT2D eigenvalue weighted by Gasteiger charge is 2.15. The van der Waals surface area contributed by atoms with E-state index >= 15 is 0 Å². The van der Waals surface area contributed by atoms with Gasteiger partial charge in [0.2, 0.25) is 0 Å². The quantitative estimate of drug-likeness (QED) is 0.477. The zero-order chi connectivity index (χ0) is 19.7. The van der Waals surface area contributed by atoms with Gasteiger partial charge in [-0.15, -0.1) is 11.3 Å². The average Bonchev–Trinajstić information content (AvgIpc) is 3.36. The molecule has 2 heterocycles. The van der Waals surface area contributed by atoms with Crippen LogP contribution in [-0.4, -0.2) is 22.2 Å². The SMILES string of the molecule is Cc1cc2[nH]cnc2cc1C(=O)N[C@H](C)c1cccc(-c2ccc(C=O)s2)c1. The van der Waals surface area contributed by atoms with Crippen molar-refractivity contribution in [3.8, 4) is 10.4 Å². The first-order valence-corrected chi connectivity index (χ1v) is 9.77. The summed E-state index contributed by atoms with van der Waals surface area (Å²) >= 11 is 1.46. The first-order chi connectivity index (χ1) is 13.5. The third kappa shape index (κ3) is 3.46. The van der Waals surface area contributed by atoms with Gasteiger partial charge in [0.1, 0.15) is 0 Å². The highest BCUT2D eigenvalue weighted by atomic mass is 32.1. The molecule has 0 saturated carbocycles. The van der Waals surface area contributed by atoms with Crippen LogP contribution in [0.1, 0.15) is 44.1 Å². The fourth-order valence-corrected chi connectivity index (χ4v) is 4.04. The van der Waals surface area contributed by atoms with E-state index in [0.29, 0.717) is 10.4 Å². The zero-order valence-corrected chi connectivity index (χ0v) is 16.3. The maximum absolute atomic E-state index is 12.8. The van der Waals surface area contributed by atoms with Crippen molar-refractivity contribution >= 4 is 34.6 Å². The molecule has 1 amide bonds. The number of aromatic amines is 1. The van der Waals surface area contributed by atoms with E-state index in [0.717, 1.165) is 38.9 Å². The number of hydrogen-bond acceptors (Lipinski definition) is 4. The molecular formula is C22H19N3O2S. The summed E-state index contributed by atoms with van der Waals surface area (Å²) in [6, 6.07) is 15.4. The van der Waals surface area contributed by atoms with Gasteiger partial charge in [0, 0.05) is 10.4 Å². The Balaban J connectivity index is 1.56. The Labute approximate surface area is 166 Å². The van der Waals surface area contributed by atoms with Crippen molar-refractivity contribution in [1.29, 1.82) is 0 Å². The minimum absolute atomic E-state index is 0.125. The van der Waals surface area contributed by atoms with Gasteiger partial charge in [-0.3, -0.25) is 9.59 Å². The van der Waals surface area contributed by atoms with E-state index in [1.54, 1.807) is 6.33 Å². The second-order valence-corrected chi connectivity index (χ2v) is 7.84. The van der Waals surface area contributed by atoms with Crippen molar-refractivity contribution in [3.05, 3.63) is 76.4 Å². The standard InChI is InChI=1S/C22H19N3O2S/c1-13-8-19-20(24-12-23-19)10-18(13)22(27)25-14(2)15-4-3-5-16(9-15)21-7-6-17(11-26)28-21/h3-12,14H,1-2H3,(H,23,24)(H,25,27)/t14-/m1/s1. The van der Waals surface area contributed by atoms with E-state index in [-0.39, 0.29) is 11.9 Å². The summed E-state index contributed by atoms with van der Waals surface area (Å²) < 4.78 is 0. The van der Waals surface area contributed by atoms with Crippen LogP contribution in [0.15, 0.2) is 54.9 Å². The number of nitrogens with zero attached hydrogens (tertiary/aromatic N) is 1. The maximum atomic E-state index is 12.8. The smallest absolute Gasteiger partial charge is 0.252 e. The van der Waals surface area contributed by atoms with Crippen molar-refractivity contribution < 1.29 is 9.59 Å². The summed E-state index contributed by atoms with van der Waals surface area (Å²) in [4.78, 5) is 32.8. The summed E-state index contributed by atoms with van der Waals surface area (Å²) in [7, 11) is 0. The summed E-state index contributed by atoms with van der Waals surface area (Å²) in [5.41, 5.74) is 5.25. The predicted octanol–water partition coefficient (Wildman–Crippen LogP) is 4.90. The molecule has 0 aliphatic heterocycles. The van der Waals surface area contributed by atoms with E-state index in [9.17, 15) is 9.59 Å².